The number of rotatable bonds is 5. The minimum Gasteiger partial charge on any atom is -0.310 e. The smallest absolute Gasteiger partial charge is 0.123 e. The zero-order chi connectivity index (χ0) is 15.4. The molecule has 1 aromatic carbocycles. The molecule has 1 fully saturated rings. The number of likely N-dealkylation sites (tertiary alicyclic amines) is 1. The Hall–Kier alpha value is -1.43. The first-order valence-corrected chi connectivity index (χ1v) is 7.90. The second kappa shape index (κ2) is 8.43. The maximum absolute atomic E-state index is 12.9. The number of halogens is 2. The van der Waals surface area contributed by atoms with Crippen LogP contribution in [-0.2, 0) is 13.1 Å². The average Bonchev–Trinajstić information content (AvgIpc) is 2.94. The van der Waals surface area contributed by atoms with Crippen molar-refractivity contribution in [3.63, 3.8) is 0 Å². The van der Waals surface area contributed by atoms with Crippen molar-refractivity contribution in [2.75, 3.05) is 13.1 Å². The van der Waals surface area contributed by atoms with Gasteiger partial charge in [-0.05, 0) is 50.6 Å². The molecule has 126 valence electrons. The van der Waals surface area contributed by atoms with Crippen molar-refractivity contribution in [3.8, 4) is 0 Å². The van der Waals surface area contributed by atoms with Crippen LogP contribution in [0.5, 0.6) is 0 Å². The number of piperidine rings is 1. The van der Waals surface area contributed by atoms with E-state index in [0.717, 1.165) is 44.7 Å². The van der Waals surface area contributed by atoms with Crippen LogP contribution >= 0.6 is 12.4 Å². The fourth-order valence-electron chi connectivity index (χ4n) is 2.95. The molecule has 0 spiro atoms. The number of aromatic amines is 1. The molecule has 0 radical (unpaired) electrons. The van der Waals surface area contributed by atoms with E-state index in [4.69, 9.17) is 0 Å². The largest absolute Gasteiger partial charge is 0.310 e. The number of benzene rings is 1. The average molecular weight is 339 g/mol. The van der Waals surface area contributed by atoms with Gasteiger partial charge in [0.2, 0.25) is 0 Å². The molecular formula is C17H24ClFN4. The normalized spacial score (nSPS) is 16.3. The third-order valence-electron chi connectivity index (χ3n) is 4.42. The quantitative estimate of drug-likeness (QED) is 0.880. The SMILES string of the molecule is Cc1[nH]ncc1CNC1CCN(Cc2ccc(F)cc2)CC1.Cl. The van der Waals surface area contributed by atoms with E-state index in [1.165, 1.54) is 23.3 Å². The Bertz CT molecular complexity index is 591. The molecule has 1 aromatic heterocycles. The number of nitrogens with one attached hydrogen (secondary N) is 2. The van der Waals surface area contributed by atoms with Crippen LogP contribution in [0.3, 0.4) is 0 Å². The van der Waals surface area contributed by atoms with Crippen molar-refractivity contribution in [3.05, 3.63) is 53.1 Å². The van der Waals surface area contributed by atoms with Gasteiger partial charge in [0.05, 0.1) is 6.20 Å². The highest BCUT2D eigenvalue weighted by atomic mass is 35.5. The molecule has 23 heavy (non-hydrogen) atoms. The summed E-state index contributed by atoms with van der Waals surface area (Å²) in [5.41, 5.74) is 3.57. The van der Waals surface area contributed by atoms with Crippen molar-refractivity contribution in [2.24, 2.45) is 0 Å². The number of hydrogen-bond donors (Lipinski definition) is 2. The highest BCUT2D eigenvalue weighted by molar-refractivity contribution is 5.85. The fourth-order valence-corrected chi connectivity index (χ4v) is 2.95. The molecule has 0 saturated carbocycles. The first-order valence-electron chi connectivity index (χ1n) is 7.90. The number of aromatic nitrogens is 2. The van der Waals surface area contributed by atoms with Gasteiger partial charge in [-0.25, -0.2) is 4.39 Å². The lowest BCUT2D eigenvalue weighted by Crippen LogP contribution is -2.41. The number of hydrogen-bond acceptors (Lipinski definition) is 3. The molecule has 3 rings (SSSR count). The van der Waals surface area contributed by atoms with Gasteiger partial charge in [0.15, 0.2) is 0 Å². The molecule has 4 nitrogen and oxygen atoms in total. The van der Waals surface area contributed by atoms with Crippen molar-refractivity contribution in [1.29, 1.82) is 0 Å². The van der Waals surface area contributed by atoms with E-state index < -0.39 is 0 Å². The molecule has 0 unspecified atom stereocenters. The van der Waals surface area contributed by atoms with E-state index in [9.17, 15) is 4.39 Å². The molecule has 0 atom stereocenters. The third-order valence-corrected chi connectivity index (χ3v) is 4.42. The Kier molecular flexibility index (Phi) is 6.57. The van der Waals surface area contributed by atoms with E-state index in [1.54, 1.807) is 0 Å². The monoisotopic (exact) mass is 338 g/mol. The second-order valence-electron chi connectivity index (χ2n) is 6.08. The van der Waals surface area contributed by atoms with Gasteiger partial charge in [-0.3, -0.25) is 10.00 Å². The molecule has 2 aromatic rings. The summed E-state index contributed by atoms with van der Waals surface area (Å²) in [6.07, 6.45) is 4.20. The summed E-state index contributed by atoms with van der Waals surface area (Å²) in [5, 5.41) is 10.6. The predicted octanol–water partition coefficient (Wildman–Crippen LogP) is 3.03. The molecule has 1 aliphatic heterocycles. The summed E-state index contributed by atoms with van der Waals surface area (Å²) in [5.74, 6) is -0.166. The van der Waals surface area contributed by atoms with Crippen molar-refractivity contribution >= 4 is 12.4 Å². The molecule has 2 heterocycles. The van der Waals surface area contributed by atoms with E-state index in [0.29, 0.717) is 6.04 Å². The third kappa shape index (κ3) is 5.03. The van der Waals surface area contributed by atoms with Gasteiger partial charge in [-0.15, -0.1) is 12.4 Å². The Balaban J connectivity index is 0.00000192. The van der Waals surface area contributed by atoms with Crippen LogP contribution in [0.4, 0.5) is 4.39 Å². The summed E-state index contributed by atoms with van der Waals surface area (Å²) < 4.78 is 12.9. The van der Waals surface area contributed by atoms with Gasteiger partial charge in [-0.2, -0.15) is 5.10 Å². The Morgan fingerprint density at radius 2 is 1.96 bits per heavy atom. The van der Waals surface area contributed by atoms with Gasteiger partial charge in [0.1, 0.15) is 5.82 Å². The van der Waals surface area contributed by atoms with Gasteiger partial charge in [0, 0.05) is 30.4 Å². The summed E-state index contributed by atoms with van der Waals surface area (Å²) in [4.78, 5) is 2.44. The van der Waals surface area contributed by atoms with E-state index in [-0.39, 0.29) is 18.2 Å². The highest BCUT2D eigenvalue weighted by Gasteiger charge is 2.19. The maximum atomic E-state index is 12.9. The minimum absolute atomic E-state index is 0. The van der Waals surface area contributed by atoms with Crippen molar-refractivity contribution in [1.82, 2.24) is 20.4 Å². The molecule has 1 aliphatic rings. The first-order chi connectivity index (χ1) is 10.7. The molecular weight excluding hydrogens is 315 g/mol. The molecule has 0 bridgehead atoms. The standard InChI is InChI=1S/C17H23FN4.ClH/c1-13-15(11-20-21-13)10-19-17-6-8-22(9-7-17)12-14-2-4-16(18)5-3-14;/h2-5,11,17,19H,6-10,12H2,1H3,(H,20,21);1H. The number of H-pyrrole nitrogens is 1. The van der Waals surface area contributed by atoms with Gasteiger partial charge in [0.25, 0.3) is 0 Å². The topological polar surface area (TPSA) is 44.0 Å². The molecule has 0 aliphatic carbocycles. The Morgan fingerprint density at radius 1 is 1.26 bits per heavy atom. The van der Waals surface area contributed by atoms with Crippen molar-refractivity contribution < 1.29 is 4.39 Å². The number of aryl methyl sites for hydroxylation is 1. The molecule has 2 N–H and O–H groups in total. The predicted molar refractivity (Wildman–Crippen MR) is 92.1 cm³/mol. The Morgan fingerprint density at radius 3 is 2.57 bits per heavy atom. The lowest BCUT2D eigenvalue weighted by molar-refractivity contribution is 0.190. The van der Waals surface area contributed by atoms with Gasteiger partial charge >= 0.3 is 0 Å². The molecule has 0 amide bonds. The van der Waals surface area contributed by atoms with Crippen LogP contribution in [0, 0.1) is 12.7 Å². The molecule has 6 heteroatoms. The zero-order valence-electron chi connectivity index (χ0n) is 13.4. The zero-order valence-corrected chi connectivity index (χ0v) is 14.2. The molecule has 1 saturated heterocycles. The summed E-state index contributed by atoms with van der Waals surface area (Å²) in [7, 11) is 0. The van der Waals surface area contributed by atoms with Crippen LogP contribution in [0.2, 0.25) is 0 Å². The highest BCUT2D eigenvalue weighted by Crippen LogP contribution is 2.15. The van der Waals surface area contributed by atoms with E-state index >= 15 is 0 Å². The van der Waals surface area contributed by atoms with Crippen molar-refractivity contribution in [2.45, 2.75) is 38.9 Å². The lowest BCUT2D eigenvalue weighted by atomic mass is 10.0. The second-order valence-corrected chi connectivity index (χ2v) is 6.08. The Labute approximate surface area is 142 Å². The van der Waals surface area contributed by atoms with Gasteiger partial charge < -0.3 is 5.32 Å². The van der Waals surface area contributed by atoms with Crippen LogP contribution in [-0.4, -0.2) is 34.2 Å². The van der Waals surface area contributed by atoms with Crippen LogP contribution in [0.25, 0.3) is 0 Å². The first kappa shape index (κ1) is 17.9. The maximum Gasteiger partial charge on any atom is 0.123 e. The summed E-state index contributed by atoms with van der Waals surface area (Å²) in [6, 6.07) is 7.40. The van der Waals surface area contributed by atoms with Crippen LogP contribution in [0.1, 0.15) is 29.7 Å². The van der Waals surface area contributed by atoms with E-state index in [1.807, 2.05) is 18.3 Å². The minimum atomic E-state index is -0.166. The van der Waals surface area contributed by atoms with E-state index in [2.05, 4.69) is 27.3 Å². The fraction of sp³-hybridized carbons (Fsp3) is 0.471. The summed E-state index contributed by atoms with van der Waals surface area (Å²) in [6.45, 7) is 6.01. The van der Waals surface area contributed by atoms with Gasteiger partial charge in [-0.1, -0.05) is 12.1 Å². The van der Waals surface area contributed by atoms with Crippen LogP contribution in [0.15, 0.2) is 30.5 Å². The van der Waals surface area contributed by atoms with Crippen LogP contribution < -0.4 is 5.32 Å². The lowest BCUT2D eigenvalue weighted by Gasteiger charge is -2.32. The summed E-state index contributed by atoms with van der Waals surface area (Å²) >= 11 is 0. The number of nitrogens with zero attached hydrogens (tertiary/aromatic N) is 2.